The van der Waals surface area contributed by atoms with Crippen LogP contribution in [0.15, 0.2) is 58.3 Å². The van der Waals surface area contributed by atoms with Crippen LogP contribution in [-0.4, -0.2) is 13.3 Å². The van der Waals surface area contributed by atoms with Crippen LogP contribution in [0.2, 0.25) is 0 Å². The first-order valence-electron chi connectivity index (χ1n) is 5.59. The van der Waals surface area contributed by atoms with Crippen molar-refractivity contribution in [2.75, 3.05) is 0 Å². The number of hydrogen-bond acceptors (Lipinski definition) is 4. The average molecular weight is 356 g/mol. The summed E-state index contributed by atoms with van der Waals surface area (Å²) in [6, 6.07) is 11.3. The number of hydrogen-bond donors (Lipinski definition) is 0. The topological polar surface area (TPSA) is 77.3 Å². The van der Waals surface area contributed by atoms with Crippen LogP contribution in [0.25, 0.3) is 0 Å². The van der Waals surface area contributed by atoms with Crippen molar-refractivity contribution in [3.8, 4) is 0 Å². The standard InChI is InChI=1S/C13H10BrNO4S/c14-9-10-1-5-12(6-2-10)20(18,19)13-7-3-11(4-8-13)15(16)17/h1-8H,9H2. The molecule has 7 heteroatoms. The monoisotopic (exact) mass is 355 g/mol. The van der Waals surface area contributed by atoms with Crippen molar-refractivity contribution < 1.29 is 13.3 Å². The molecule has 0 saturated heterocycles. The molecule has 2 rings (SSSR count). The molecule has 0 unspecified atom stereocenters. The summed E-state index contributed by atoms with van der Waals surface area (Å²) in [5.41, 5.74) is 0.825. The Morgan fingerprint density at radius 3 is 1.80 bits per heavy atom. The largest absolute Gasteiger partial charge is 0.269 e. The van der Waals surface area contributed by atoms with Crippen molar-refractivity contribution in [1.82, 2.24) is 0 Å². The highest BCUT2D eigenvalue weighted by Gasteiger charge is 2.18. The zero-order valence-electron chi connectivity index (χ0n) is 10.2. The van der Waals surface area contributed by atoms with E-state index in [1.165, 1.54) is 36.4 Å². The van der Waals surface area contributed by atoms with Gasteiger partial charge in [-0.2, -0.15) is 0 Å². The van der Waals surface area contributed by atoms with E-state index in [4.69, 9.17) is 0 Å². The van der Waals surface area contributed by atoms with Gasteiger partial charge in [-0.25, -0.2) is 8.42 Å². The maximum absolute atomic E-state index is 12.3. The lowest BCUT2D eigenvalue weighted by atomic mass is 10.2. The highest BCUT2D eigenvalue weighted by atomic mass is 79.9. The number of rotatable bonds is 4. The number of alkyl halides is 1. The zero-order valence-corrected chi connectivity index (χ0v) is 12.6. The van der Waals surface area contributed by atoms with Gasteiger partial charge < -0.3 is 0 Å². The van der Waals surface area contributed by atoms with Crippen LogP contribution in [0.5, 0.6) is 0 Å². The number of benzene rings is 2. The normalized spacial score (nSPS) is 11.2. The molecule has 2 aromatic carbocycles. The van der Waals surface area contributed by atoms with E-state index in [-0.39, 0.29) is 15.5 Å². The second kappa shape index (κ2) is 5.72. The van der Waals surface area contributed by atoms with Gasteiger partial charge in [0, 0.05) is 17.5 Å². The fourth-order valence-corrected chi connectivity index (χ4v) is 3.28. The summed E-state index contributed by atoms with van der Waals surface area (Å²) in [4.78, 5) is 10.2. The van der Waals surface area contributed by atoms with Gasteiger partial charge in [0.25, 0.3) is 5.69 Å². The van der Waals surface area contributed by atoms with E-state index in [0.717, 1.165) is 5.56 Å². The van der Waals surface area contributed by atoms with Crippen molar-refractivity contribution in [2.45, 2.75) is 15.1 Å². The summed E-state index contributed by atoms with van der Waals surface area (Å²) < 4.78 is 24.7. The Kier molecular flexibility index (Phi) is 4.20. The van der Waals surface area contributed by atoms with Gasteiger partial charge in [0.2, 0.25) is 9.84 Å². The molecule has 0 aliphatic rings. The lowest BCUT2D eigenvalue weighted by molar-refractivity contribution is -0.384. The SMILES string of the molecule is O=[N+]([O-])c1ccc(S(=O)(=O)c2ccc(CBr)cc2)cc1. The highest BCUT2D eigenvalue weighted by molar-refractivity contribution is 9.08. The van der Waals surface area contributed by atoms with Gasteiger partial charge in [-0.05, 0) is 29.8 Å². The van der Waals surface area contributed by atoms with E-state index >= 15 is 0 Å². The summed E-state index contributed by atoms with van der Waals surface area (Å²) >= 11 is 3.29. The molecule has 20 heavy (non-hydrogen) atoms. The van der Waals surface area contributed by atoms with E-state index in [9.17, 15) is 18.5 Å². The zero-order chi connectivity index (χ0) is 14.8. The maximum atomic E-state index is 12.3. The Labute approximate surface area is 124 Å². The molecule has 2 aromatic rings. The van der Waals surface area contributed by atoms with Gasteiger partial charge in [-0.1, -0.05) is 28.1 Å². The number of sulfone groups is 1. The summed E-state index contributed by atoms with van der Waals surface area (Å²) in [6.07, 6.45) is 0. The molecule has 0 amide bonds. The smallest absolute Gasteiger partial charge is 0.258 e. The third-order valence-electron chi connectivity index (χ3n) is 2.75. The molecule has 0 saturated carbocycles. The molecule has 0 aliphatic carbocycles. The van der Waals surface area contributed by atoms with Crippen LogP contribution in [0.4, 0.5) is 5.69 Å². The number of non-ortho nitro benzene ring substituents is 1. The van der Waals surface area contributed by atoms with E-state index in [1.54, 1.807) is 12.1 Å². The van der Waals surface area contributed by atoms with Crippen LogP contribution >= 0.6 is 15.9 Å². The molecule has 0 aromatic heterocycles. The summed E-state index contributed by atoms with van der Waals surface area (Å²) in [7, 11) is -3.64. The van der Waals surface area contributed by atoms with Crippen LogP contribution in [0.1, 0.15) is 5.56 Å². The minimum atomic E-state index is -3.64. The molecule has 0 fully saturated rings. The summed E-state index contributed by atoms with van der Waals surface area (Å²) in [6.45, 7) is 0. The van der Waals surface area contributed by atoms with E-state index < -0.39 is 14.8 Å². The fraction of sp³-hybridized carbons (Fsp3) is 0.0769. The molecule has 0 atom stereocenters. The van der Waals surface area contributed by atoms with Gasteiger partial charge in [0.1, 0.15) is 0 Å². The first kappa shape index (κ1) is 14.7. The third-order valence-corrected chi connectivity index (χ3v) is 5.18. The quantitative estimate of drug-likeness (QED) is 0.478. The Morgan fingerprint density at radius 1 is 0.950 bits per heavy atom. The minimum Gasteiger partial charge on any atom is -0.258 e. The average Bonchev–Trinajstić information content (AvgIpc) is 2.47. The van der Waals surface area contributed by atoms with Crippen molar-refractivity contribution in [3.05, 3.63) is 64.2 Å². The molecule has 104 valence electrons. The second-order valence-electron chi connectivity index (χ2n) is 4.03. The van der Waals surface area contributed by atoms with E-state index in [1.807, 2.05) is 0 Å². The number of halogens is 1. The molecule has 0 aliphatic heterocycles. The van der Waals surface area contributed by atoms with Crippen LogP contribution < -0.4 is 0 Å². The molecule has 0 N–H and O–H groups in total. The van der Waals surface area contributed by atoms with Crippen molar-refractivity contribution in [1.29, 1.82) is 0 Å². The molecular weight excluding hydrogens is 346 g/mol. The van der Waals surface area contributed by atoms with Crippen molar-refractivity contribution >= 4 is 31.5 Å². The first-order chi connectivity index (χ1) is 9.45. The molecule has 5 nitrogen and oxygen atoms in total. The van der Waals surface area contributed by atoms with Gasteiger partial charge in [0.05, 0.1) is 14.7 Å². The lowest BCUT2D eigenvalue weighted by Crippen LogP contribution is -2.02. The molecule has 0 spiro atoms. The molecule has 0 bridgehead atoms. The fourth-order valence-electron chi connectivity index (χ4n) is 1.64. The van der Waals surface area contributed by atoms with Gasteiger partial charge >= 0.3 is 0 Å². The van der Waals surface area contributed by atoms with E-state index in [2.05, 4.69) is 15.9 Å². The first-order valence-corrected chi connectivity index (χ1v) is 8.20. The lowest BCUT2D eigenvalue weighted by Gasteiger charge is -2.05. The van der Waals surface area contributed by atoms with E-state index in [0.29, 0.717) is 5.33 Å². The predicted octanol–water partition coefficient (Wildman–Crippen LogP) is 3.32. The molecular formula is C13H10BrNO4S. The van der Waals surface area contributed by atoms with Gasteiger partial charge in [0.15, 0.2) is 0 Å². The number of nitrogens with zero attached hydrogens (tertiary/aromatic N) is 1. The Balaban J connectivity index is 2.40. The number of nitro benzene ring substituents is 1. The van der Waals surface area contributed by atoms with Crippen LogP contribution in [-0.2, 0) is 15.2 Å². The van der Waals surface area contributed by atoms with Crippen molar-refractivity contribution in [2.24, 2.45) is 0 Å². The summed E-state index contributed by atoms with van der Waals surface area (Å²) in [5, 5.41) is 11.2. The highest BCUT2D eigenvalue weighted by Crippen LogP contribution is 2.23. The van der Waals surface area contributed by atoms with Crippen molar-refractivity contribution in [3.63, 3.8) is 0 Å². The third kappa shape index (κ3) is 2.88. The second-order valence-corrected chi connectivity index (χ2v) is 6.54. The Bertz CT molecular complexity index is 724. The summed E-state index contributed by atoms with van der Waals surface area (Å²) in [5.74, 6) is 0. The minimum absolute atomic E-state index is 0.0368. The molecule has 0 heterocycles. The predicted molar refractivity (Wildman–Crippen MR) is 77.6 cm³/mol. The van der Waals surface area contributed by atoms with Gasteiger partial charge in [-0.15, -0.1) is 0 Å². The van der Waals surface area contributed by atoms with Crippen LogP contribution in [0.3, 0.4) is 0 Å². The van der Waals surface area contributed by atoms with Gasteiger partial charge in [-0.3, -0.25) is 10.1 Å². The maximum Gasteiger partial charge on any atom is 0.269 e. The Hall–Kier alpha value is -1.73. The number of nitro groups is 1. The molecule has 0 radical (unpaired) electrons. The van der Waals surface area contributed by atoms with Crippen LogP contribution in [0, 0.1) is 10.1 Å². The Morgan fingerprint density at radius 2 is 1.40 bits per heavy atom.